The van der Waals surface area contributed by atoms with E-state index in [4.69, 9.17) is 0 Å². The molecule has 0 aromatic heterocycles. The summed E-state index contributed by atoms with van der Waals surface area (Å²) < 4.78 is 0. The monoisotopic (exact) mass is 136 g/mol. The van der Waals surface area contributed by atoms with Crippen molar-refractivity contribution >= 4 is 12.9 Å². The van der Waals surface area contributed by atoms with Gasteiger partial charge in [0.2, 0.25) is 0 Å². The maximum absolute atomic E-state index is 4.30. The Morgan fingerprint density at radius 2 is 2.00 bits per heavy atom. The number of aliphatic imine (C=N–C) groups is 1. The van der Waals surface area contributed by atoms with Crippen molar-refractivity contribution in [3.63, 3.8) is 0 Å². The molecule has 0 bridgehead atoms. The number of rotatable bonds is 4. The third-order valence-electron chi connectivity index (χ3n) is 1.41. The highest BCUT2D eigenvalue weighted by molar-refractivity contribution is 6.74. The molecule has 0 unspecified atom stereocenters. The average molecular weight is 136 g/mol. The fourth-order valence-electron chi connectivity index (χ4n) is 0.630. The van der Waals surface area contributed by atoms with Gasteiger partial charge < -0.3 is 0 Å². The van der Waals surface area contributed by atoms with Crippen LogP contribution in [0.25, 0.3) is 0 Å². The van der Waals surface area contributed by atoms with Gasteiger partial charge in [-0.05, 0) is 18.5 Å². The largest absolute Gasteiger partial charge is 0.274 e. The second kappa shape index (κ2) is 5.27. The first-order valence-corrected chi connectivity index (χ1v) is 3.79. The summed E-state index contributed by atoms with van der Waals surface area (Å²) in [6, 6.07) is 0. The van der Waals surface area contributed by atoms with Gasteiger partial charge in [-0.3, -0.25) is 4.99 Å². The van der Waals surface area contributed by atoms with Gasteiger partial charge in [-0.15, -0.1) is 0 Å². The van der Waals surface area contributed by atoms with Crippen molar-refractivity contribution in [2.24, 2.45) is 4.99 Å². The van der Waals surface area contributed by atoms with Gasteiger partial charge in [-0.2, -0.15) is 0 Å². The molecular weight excluding hydrogens is 121 g/mol. The Kier molecular flexibility index (Phi) is 5.00. The van der Waals surface area contributed by atoms with Crippen LogP contribution in [0.2, 0.25) is 6.82 Å². The molecule has 0 atom stereocenters. The van der Waals surface area contributed by atoms with Crippen LogP contribution in [0.3, 0.4) is 0 Å². The number of hydrogen-bond acceptors (Lipinski definition) is 1. The summed E-state index contributed by atoms with van der Waals surface area (Å²) in [5.74, 6) is 0. The molecule has 0 saturated carbocycles. The van der Waals surface area contributed by atoms with Crippen LogP contribution in [0.5, 0.6) is 0 Å². The summed E-state index contributed by atoms with van der Waals surface area (Å²) in [6.07, 6.45) is 1.94. The lowest BCUT2D eigenvalue weighted by Crippen LogP contribution is -2.03. The van der Waals surface area contributed by atoms with E-state index in [2.05, 4.69) is 25.4 Å². The van der Waals surface area contributed by atoms with Crippen molar-refractivity contribution in [2.75, 3.05) is 0 Å². The van der Waals surface area contributed by atoms with Crippen LogP contribution in [-0.4, -0.2) is 12.9 Å². The number of hydrogen-bond donors (Lipinski definition) is 0. The van der Waals surface area contributed by atoms with E-state index in [1.54, 1.807) is 0 Å². The summed E-state index contributed by atoms with van der Waals surface area (Å²) in [6.45, 7) is 9.97. The Morgan fingerprint density at radius 1 is 1.40 bits per heavy atom. The van der Waals surface area contributed by atoms with Crippen LogP contribution in [0.1, 0.15) is 26.7 Å². The molecule has 0 heterocycles. The normalized spacial score (nSPS) is 11.3. The van der Waals surface area contributed by atoms with Crippen molar-refractivity contribution in [2.45, 2.75) is 33.5 Å². The van der Waals surface area contributed by atoms with Crippen molar-refractivity contribution in [1.82, 2.24) is 0 Å². The van der Waals surface area contributed by atoms with Crippen LogP contribution in [0.15, 0.2) is 17.3 Å². The van der Waals surface area contributed by atoms with Crippen molar-refractivity contribution in [1.29, 1.82) is 0 Å². The lowest BCUT2D eigenvalue weighted by Gasteiger charge is -1.98. The van der Waals surface area contributed by atoms with E-state index >= 15 is 0 Å². The predicted molar refractivity (Wildman–Crippen MR) is 48.8 cm³/mol. The Morgan fingerprint density at radius 3 is 2.30 bits per heavy atom. The standard InChI is InChI=1S/C8H15BN/c1-5-7(3)10-8(6-2)9-4/h3,5-6H2,1-2,4H3. The van der Waals surface area contributed by atoms with Crippen LogP contribution in [-0.2, 0) is 0 Å². The van der Waals surface area contributed by atoms with E-state index in [1.165, 1.54) is 0 Å². The summed E-state index contributed by atoms with van der Waals surface area (Å²) in [5.41, 5.74) is 2.10. The minimum absolute atomic E-state index is 0.942. The van der Waals surface area contributed by atoms with Gasteiger partial charge in [-0.25, -0.2) is 0 Å². The smallest absolute Gasteiger partial charge is 0.168 e. The zero-order valence-electron chi connectivity index (χ0n) is 7.15. The summed E-state index contributed by atoms with van der Waals surface area (Å²) in [5, 5.41) is 0. The second-order valence-electron chi connectivity index (χ2n) is 2.17. The van der Waals surface area contributed by atoms with E-state index in [-0.39, 0.29) is 0 Å². The van der Waals surface area contributed by atoms with Crippen LogP contribution < -0.4 is 0 Å². The highest BCUT2D eigenvalue weighted by Crippen LogP contribution is 1.99. The lowest BCUT2D eigenvalue weighted by molar-refractivity contribution is 1.07. The van der Waals surface area contributed by atoms with E-state index in [1.807, 2.05) is 14.1 Å². The third-order valence-corrected chi connectivity index (χ3v) is 1.41. The van der Waals surface area contributed by atoms with E-state index in [0.29, 0.717) is 0 Å². The van der Waals surface area contributed by atoms with Gasteiger partial charge in [0.1, 0.15) is 0 Å². The van der Waals surface area contributed by atoms with Gasteiger partial charge in [0.05, 0.1) is 0 Å². The minimum atomic E-state index is 0.942. The minimum Gasteiger partial charge on any atom is -0.274 e. The van der Waals surface area contributed by atoms with Crippen molar-refractivity contribution < 1.29 is 0 Å². The maximum atomic E-state index is 4.30. The topological polar surface area (TPSA) is 12.4 Å². The summed E-state index contributed by atoms with van der Waals surface area (Å²) >= 11 is 0. The van der Waals surface area contributed by atoms with Gasteiger partial charge in [0, 0.05) is 5.70 Å². The molecule has 2 heteroatoms. The van der Waals surface area contributed by atoms with E-state index in [0.717, 1.165) is 24.1 Å². The van der Waals surface area contributed by atoms with Crippen LogP contribution >= 0.6 is 0 Å². The predicted octanol–water partition coefficient (Wildman–Crippen LogP) is 2.47. The molecule has 0 aromatic rings. The fourth-order valence-corrected chi connectivity index (χ4v) is 0.630. The quantitative estimate of drug-likeness (QED) is 0.415. The van der Waals surface area contributed by atoms with Gasteiger partial charge >= 0.3 is 0 Å². The Hall–Kier alpha value is -0.525. The van der Waals surface area contributed by atoms with E-state index < -0.39 is 0 Å². The SMILES string of the molecule is C=C(CC)N=C([B]C)CC. The Balaban J connectivity index is 3.96. The first-order chi connectivity index (χ1) is 4.74. The summed E-state index contributed by atoms with van der Waals surface area (Å²) in [4.78, 5) is 4.30. The molecule has 0 aliphatic heterocycles. The zero-order chi connectivity index (χ0) is 7.98. The summed E-state index contributed by atoms with van der Waals surface area (Å²) in [7, 11) is 2.03. The van der Waals surface area contributed by atoms with Gasteiger partial charge in [-0.1, -0.05) is 27.2 Å². The second-order valence-corrected chi connectivity index (χ2v) is 2.17. The van der Waals surface area contributed by atoms with Crippen LogP contribution in [0, 0.1) is 0 Å². The third kappa shape index (κ3) is 3.49. The van der Waals surface area contributed by atoms with Gasteiger partial charge in [0.15, 0.2) is 7.28 Å². The molecule has 0 spiro atoms. The molecule has 0 amide bonds. The van der Waals surface area contributed by atoms with Crippen molar-refractivity contribution in [3.05, 3.63) is 12.3 Å². The lowest BCUT2D eigenvalue weighted by atomic mass is 9.74. The van der Waals surface area contributed by atoms with Gasteiger partial charge in [0.25, 0.3) is 0 Å². The molecule has 0 fully saturated rings. The fraction of sp³-hybridized carbons (Fsp3) is 0.625. The molecule has 0 rings (SSSR count). The first-order valence-electron chi connectivity index (χ1n) is 3.79. The van der Waals surface area contributed by atoms with Crippen molar-refractivity contribution in [3.8, 4) is 0 Å². The molecule has 0 N–H and O–H groups in total. The number of allylic oxidation sites excluding steroid dienone is 1. The molecule has 0 aliphatic rings. The molecular formula is C8H15BN. The molecule has 0 aromatic carbocycles. The molecule has 55 valence electrons. The zero-order valence-corrected chi connectivity index (χ0v) is 7.15. The molecule has 1 nitrogen and oxygen atoms in total. The van der Waals surface area contributed by atoms with Crippen LogP contribution in [0.4, 0.5) is 0 Å². The Bertz CT molecular complexity index is 132. The average Bonchev–Trinajstić information content (AvgIpc) is 1.99. The molecule has 0 saturated heterocycles. The number of nitrogens with zero attached hydrogens (tertiary/aromatic N) is 1. The van der Waals surface area contributed by atoms with E-state index in [9.17, 15) is 0 Å². The molecule has 10 heavy (non-hydrogen) atoms. The maximum Gasteiger partial charge on any atom is 0.168 e. The highest BCUT2D eigenvalue weighted by Gasteiger charge is 1.92. The first kappa shape index (κ1) is 9.47. The highest BCUT2D eigenvalue weighted by atomic mass is 14.7. The Labute approximate surface area is 64.5 Å². The molecule has 0 aliphatic carbocycles. The molecule has 1 radical (unpaired) electrons.